The molecule has 0 spiro atoms. The largest absolute Gasteiger partial charge is 0.496 e. The molecule has 41 heavy (non-hydrogen) atoms. The molecule has 7 nitrogen and oxygen atoms in total. The molecule has 1 atom stereocenters. The standard InChI is InChI=1S/C33H33ClN2O5/c1-39-28-12-8-7-11-26(28)21-35-33(38)32(25-9-5-4-6-10-25)36(22-23-13-16-27(34)17-14-23)31(37)20-24-15-18-29(40-2)30(19-24)41-3/h4-19,32H,20-22H2,1-3H3,(H,35,38)/t32-/m1/s1. The number of amides is 2. The predicted molar refractivity (Wildman–Crippen MR) is 159 cm³/mol. The van der Waals surface area contributed by atoms with E-state index in [9.17, 15) is 9.59 Å². The fourth-order valence-corrected chi connectivity index (χ4v) is 4.74. The zero-order valence-electron chi connectivity index (χ0n) is 23.3. The molecule has 0 saturated carbocycles. The zero-order valence-corrected chi connectivity index (χ0v) is 24.1. The summed E-state index contributed by atoms with van der Waals surface area (Å²) in [7, 11) is 4.70. The third-order valence-corrected chi connectivity index (χ3v) is 6.96. The molecule has 8 heteroatoms. The average Bonchev–Trinajstić information content (AvgIpc) is 3.01. The lowest BCUT2D eigenvalue weighted by atomic mass is 10.0. The van der Waals surface area contributed by atoms with Gasteiger partial charge in [0.15, 0.2) is 11.5 Å². The molecule has 0 aliphatic rings. The van der Waals surface area contributed by atoms with Gasteiger partial charge in [-0.05, 0) is 47.0 Å². The number of nitrogens with zero attached hydrogens (tertiary/aromatic N) is 1. The summed E-state index contributed by atoms with van der Waals surface area (Å²) in [6, 6.07) is 28.5. The summed E-state index contributed by atoms with van der Waals surface area (Å²) in [5.41, 5.74) is 3.10. The second kappa shape index (κ2) is 14.2. The minimum absolute atomic E-state index is 0.0526. The fourth-order valence-electron chi connectivity index (χ4n) is 4.61. The molecule has 212 valence electrons. The Kier molecular flexibility index (Phi) is 10.2. The molecule has 0 aliphatic carbocycles. The first kappa shape index (κ1) is 29.5. The lowest BCUT2D eigenvalue weighted by Crippen LogP contribution is -2.43. The molecule has 0 aliphatic heterocycles. The summed E-state index contributed by atoms with van der Waals surface area (Å²) < 4.78 is 16.2. The Balaban J connectivity index is 1.69. The van der Waals surface area contributed by atoms with Gasteiger partial charge >= 0.3 is 0 Å². The number of methoxy groups -OCH3 is 3. The molecule has 4 rings (SSSR count). The molecule has 0 bridgehead atoms. The van der Waals surface area contributed by atoms with Crippen LogP contribution in [0.3, 0.4) is 0 Å². The number of para-hydroxylation sites is 1. The third-order valence-electron chi connectivity index (χ3n) is 6.71. The Morgan fingerprint density at radius 1 is 0.756 bits per heavy atom. The van der Waals surface area contributed by atoms with Crippen molar-refractivity contribution in [3.63, 3.8) is 0 Å². The van der Waals surface area contributed by atoms with Gasteiger partial charge in [0, 0.05) is 23.7 Å². The molecule has 4 aromatic rings. The number of carbonyl (C=O) groups is 2. The van der Waals surface area contributed by atoms with E-state index >= 15 is 0 Å². The number of benzene rings is 4. The quantitative estimate of drug-likeness (QED) is 0.225. The summed E-state index contributed by atoms with van der Waals surface area (Å²) in [6.45, 7) is 0.440. The van der Waals surface area contributed by atoms with E-state index in [1.807, 2.05) is 72.8 Å². The maximum absolute atomic E-state index is 14.1. The molecule has 0 unspecified atom stereocenters. The van der Waals surface area contributed by atoms with E-state index in [0.29, 0.717) is 27.8 Å². The average molecular weight is 573 g/mol. The van der Waals surface area contributed by atoms with Gasteiger partial charge in [-0.3, -0.25) is 9.59 Å². The molecular formula is C33H33ClN2O5. The highest BCUT2D eigenvalue weighted by molar-refractivity contribution is 6.30. The van der Waals surface area contributed by atoms with E-state index in [1.165, 1.54) is 0 Å². The first-order valence-electron chi connectivity index (χ1n) is 13.1. The normalized spacial score (nSPS) is 11.3. The van der Waals surface area contributed by atoms with Gasteiger partial charge in [0.1, 0.15) is 11.8 Å². The second-order valence-corrected chi connectivity index (χ2v) is 9.79. The van der Waals surface area contributed by atoms with Crippen molar-refractivity contribution >= 4 is 23.4 Å². The van der Waals surface area contributed by atoms with Crippen LogP contribution in [0.1, 0.15) is 28.3 Å². The van der Waals surface area contributed by atoms with Crippen LogP contribution >= 0.6 is 11.6 Å². The summed E-state index contributed by atoms with van der Waals surface area (Å²) >= 11 is 6.13. The number of halogens is 1. The van der Waals surface area contributed by atoms with Crippen LogP contribution in [0, 0.1) is 0 Å². The Hall–Kier alpha value is -4.49. The summed E-state index contributed by atoms with van der Waals surface area (Å²) in [4.78, 5) is 29.6. The van der Waals surface area contributed by atoms with Crippen LogP contribution in [0.15, 0.2) is 97.1 Å². The van der Waals surface area contributed by atoms with Gasteiger partial charge in [-0.1, -0.05) is 78.3 Å². The third kappa shape index (κ3) is 7.58. The minimum atomic E-state index is -0.894. The van der Waals surface area contributed by atoms with Crippen LogP contribution in [0.25, 0.3) is 0 Å². The number of hydrogen-bond donors (Lipinski definition) is 1. The lowest BCUT2D eigenvalue weighted by Gasteiger charge is -2.32. The maximum Gasteiger partial charge on any atom is 0.247 e. The van der Waals surface area contributed by atoms with Crippen LogP contribution in [0.2, 0.25) is 5.02 Å². The summed E-state index contributed by atoms with van der Waals surface area (Å²) in [5.74, 6) is 1.23. The molecule has 1 N–H and O–H groups in total. The molecule has 0 aromatic heterocycles. The van der Waals surface area contributed by atoms with Crippen molar-refractivity contribution in [1.82, 2.24) is 10.2 Å². The molecular weight excluding hydrogens is 540 g/mol. The molecule has 2 amide bonds. The molecule has 0 heterocycles. The van der Waals surface area contributed by atoms with Crippen molar-refractivity contribution < 1.29 is 23.8 Å². The van der Waals surface area contributed by atoms with Gasteiger partial charge in [-0.25, -0.2) is 0 Å². The first-order chi connectivity index (χ1) is 19.9. The van der Waals surface area contributed by atoms with Crippen molar-refractivity contribution in [1.29, 1.82) is 0 Å². The predicted octanol–water partition coefficient (Wildman–Crippen LogP) is 5.99. The van der Waals surface area contributed by atoms with Crippen LogP contribution < -0.4 is 19.5 Å². The van der Waals surface area contributed by atoms with Gasteiger partial charge in [-0.2, -0.15) is 0 Å². The number of rotatable bonds is 12. The van der Waals surface area contributed by atoms with Gasteiger partial charge < -0.3 is 24.4 Å². The van der Waals surface area contributed by atoms with Crippen molar-refractivity contribution in [2.24, 2.45) is 0 Å². The van der Waals surface area contributed by atoms with Crippen LogP contribution in [-0.2, 0) is 29.1 Å². The van der Waals surface area contributed by atoms with Crippen molar-refractivity contribution in [3.05, 3.63) is 124 Å². The summed E-state index contributed by atoms with van der Waals surface area (Å²) in [6.07, 6.45) is 0.0526. The number of hydrogen-bond acceptors (Lipinski definition) is 5. The summed E-state index contributed by atoms with van der Waals surface area (Å²) in [5, 5.41) is 3.62. The van der Waals surface area contributed by atoms with E-state index in [2.05, 4.69) is 5.32 Å². The van der Waals surface area contributed by atoms with Crippen molar-refractivity contribution in [2.45, 2.75) is 25.6 Å². The Labute approximate surface area is 245 Å². The van der Waals surface area contributed by atoms with Crippen LogP contribution in [0.5, 0.6) is 17.2 Å². The maximum atomic E-state index is 14.1. The van der Waals surface area contributed by atoms with Crippen LogP contribution in [0.4, 0.5) is 0 Å². The second-order valence-electron chi connectivity index (χ2n) is 9.36. The Bertz CT molecular complexity index is 1460. The molecule has 4 aromatic carbocycles. The Morgan fingerprint density at radius 3 is 2.07 bits per heavy atom. The van der Waals surface area contributed by atoms with Gasteiger partial charge in [0.05, 0.1) is 27.8 Å². The topological polar surface area (TPSA) is 77.1 Å². The first-order valence-corrected chi connectivity index (χ1v) is 13.5. The van der Waals surface area contributed by atoms with E-state index in [0.717, 1.165) is 16.7 Å². The number of carbonyl (C=O) groups excluding carboxylic acids is 2. The van der Waals surface area contributed by atoms with E-state index in [-0.39, 0.29) is 31.3 Å². The number of nitrogens with one attached hydrogen (secondary N) is 1. The monoisotopic (exact) mass is 572 g/mol. The van der Waals surface area contributed by atoms with Gasteiger partial charge in [-0.15, -0.1) is 0 Å². The van der Waals surface area contributed by atoms with Crippen molar-refractivity contribution in [3.8, 4) is 17.2 Å². The number of ether oxygens (including phenoxy) is 3. The van der Waals surface area contributed by atoms with Gasteiger partial charge in [0.25, 0.3) is 0 Å². The lowest BCUT2D eigenvalue weighted by molar-refractivity contribution is -0.141. The highest BCUT2D eigenvalue weighted by Gasteiger charge is 2.31. The molecule has 0 fully saturated rings. The van der Waals surface area contributed by atoms with Crippen LogP contribution in [-0.4, -0.2) is 38.0 Å². The fraction of sp³-hybridized carbons (Fsp3) is 0.212. The van der Waals surface area contributed by atoms with E-state index < -0.39 is 6.04 Å². The Morgan fingerprint density at radius 2 is 1.39 bits per heavy atom. The molecule has 0 saturated heterocycles. The van der Waals surface area contributed by atoms with E-state index in [1.54, 1.807) is 50.5 Å². The smallest absolute Gasteiger partial charge is 0.247 e. The zero-order chi connectivity index (χ0) is 29.2. The minimum Gasteiger partial charge on any atom is -0.496 e. The van der Waals surface area contributed by atoms with Gasteiger partial charge in [0.2, 0.25) is 11.8 Å². The highest BCUT2D eigenvalue weighted by Crippen LogP contribution is 2.30. The van der Waals surface area contributed by atoms with E-state index in [4.69, 9.17) is 25.8 Å². The molecule has 0 radical (unpaired) electrons. The highest BCUT2D eigenvalue weighted by atomic mass is 35.5. The SMILES string of the molecule is COc1ccccc1CNC(=O)[C@@H](c1ccccc1)N(Cc1ccc(Cl)cc1)C(=O)Cc1ccc(OC)c(OC)c1. The van der Waals surface area contributed by atoms with Crippen molar-refractivity contribution in [2.75, 3.05) is 21.3 Å².